The van der Waals surface area contributed by atoms with E-state index in [4.69, 9.17) is 0 Å². The van der Waals surface area contributed by atoms with Crippen molar-refractivity contribution in [1.29, 1.82) is 0 Å². The molecule has 20 heavy (non-hydrogen) atoms. The number of imidazole rings is 1. The zero-order valence-corrected chi connectivity index (χ0v) is 11.9. The van der Waals surface area contributed by atoms with E-state index in [1.165, 1.54) is 16.8 Å². The van der Waals surface area contributed by atoms with Gasteiger partial charge in [0, 0.05) is 11.9 Å². The Hall–Kier alpha value is -2.35. The molecule has 0 N–H and O–H groups in total. The summed E-state index contributed by atoms with van der Waals surface area (Å²) in [7, 11) is 0. The summed E-state index contributed by atoms with van der Waals surface area (Å²) in [4.78, 5) is 4.67. The van der Waals surface area contributed by atoms with Gasteiger partial charge in [-0.05, 0) is 37.5 Å². The van der Waals surface area contributed by atoms with E-state index in [0.29, 0.717) is 0 Å². The van der Waals surface area contributed by atoms with Crippen LogP contribution in [0.15, 0.2) is 54.7 Å². The number of pyridine rings is 1. The molecule has 0 aliphatic rings. The molecule has 0 spiro atoms. The van der Waals surface area contributed by atoms with Crippen molar-refractivity contribution in [1.82, 2.24) is 9.38 Å². The third-order valence-electron chi connectivity index (χ3n) is 3.65. The molecule has 3 rings (SSSR count). The van der Waals surface area contributed by atoms with Crippen LogP contribution in [-0.4, -0.2) is 9.38 Å². The molecule has 0 aliphatic heterocycles. The quantitative estimate of drug-likeness (QED) is 0.691. The summed E-state index contributed by atoms with van der Waals surface area (Å²) in [5, 5.41) is 0. The van der Waals surface area contributed by atoms with E-state index in [0.717, 1.165) is 17.8 Å². The highest BCUT2D eigenvalue weighted by atomic mass is 15.0. The van der Waals surface area contributed by atoms with Gasteiger partial charge in [-0.2, -0.15) is 0 Å². The summed E-state index contributed by atoms with van der Waals surface area (Å²) in [6.07, 6.45) is 7.33. The Morgan fingerprint density at radius 1 is 1.05 bits per heavy atom. The number of hydrogen-bond acceptors (Lipinski definition) is 1. The number of fused-ring (bicyclic) bond motifs is 1. The average molecular weight is 262 g/mol. The first kappa shape index (κ1) is 12.7. The maximum absolute atomic E-state index is 4.67. The van der Waals surface area contributed by atoms with Crippen molar-refractivity contribution in [3.8, 4) is 0 Å². The molecular formula is C18H18N2. The minimum Gasteiger partial charge on any atom is -0.304 e. The fourth-order valence-corrected chi connectivity index (χ4v) is 2.40. The maximum atomic E-state index is 4.67. The summed E-state index contributed by atoms with van der Waals surface area (Å²) < 4.78 is 2.17. The number of aromatic nitrogens is 2. The molecule has 0 unspecified atom stereocenters. The molecule has 0 saturated heterocycles. The summed E-state index contributed by atoms with van der Waals surface area (Å²) >= 11 is 0. The fourth-order valence-electron chi connectivity index (χ4n) is 2.40. The number of aryl methyl sites for hydroxylation is 2. The van der Waals surface area contributed by atoms with Gasteiger partial charge in [-0.15, -0.1) is 0 Å². The summed E-state index contributed by atoms with van der Waals surface area (Å²) in [6.45, 7) is 4.17. The lowest BCUT2D eigenvalue weighted by molar-refractivity contribution is 1.08. The van der Waals surface area contributed by atoms with E-state index in [1.54, 1.807) is 0 Å². The fraction of sp³-hybridized carbons (Fsp3) is 0.167. The Morgan fingerprint density at radius 2 is 1.85 bits per heavy atom. The zero-order valence-electron chi connectivity index (χ0n) is 11.9. The second-order valence-electron chi connectivity index (χ2n) is 5.03. The third-order valence-corrected chi connectivity index (χ3v) is 3.65. The van der Waals surface area contributed by atoms with Crippen molar-refractivity contribution in [3.05, 3.63) is 77.3 Å². The molecule has 1 aromatic carbocycles. The maximum Gasteiger partial charge on any atom is 0.140 e. The highest BCUT2D eigenvalue weighted by Crippen LogP contribution is 2.16. The molecule has 3 aromatic rings. The minimum atomic E-state index is 0.898. The number of benzene rings is 1. The first-order valence-electron chi connectivity index (χ1n) is 6.90. The van der Waals surface area contributed by atoms with Gasteiger partial charge in [0.2, 0.25) is 0 Å². The van der Waals surface area contributed by atoms with Gasteiger partial charge in [-0.25, -0.2) is 4.98 Å². The first-order chi connectivity index (χ1) is 9.75. The largest absolute Gasteiger partial charge is 0.304 e. The molecule has 2 nitrogen and oxygen atoms in total. The zero-order chi connectivity index (χ0) is 13.9. The second-order valence-corrected chi connectivity index (χ2v) is 5.03. The van der Waals surface area contributed by atoms with Crippen molar-refractivity contribution in [2.45, 2.75) is 20.3 Å². The first-order valence-corrected chi connectivity index (χ1v) is 6.90. The SMILES string of the molecule is Cc1nc2c(C/C=C\c3ccccc3)cccn2c1C. The standard InChI is InChI=1S/C18H18N2/c1-14-15(2)20-13-7-12-17(18(20)19-14)11-6-10-16-8-4-3-5-9-16/h3-10,12-13H,11H2,1-2H3/b10-6-. The van der Waals surface area contributed by atoms with Crippen LogP contribution >= 0.6 is 0 Å². The lowest BCUT2D eigenvalue weighted by Gasteiger charge is -2.01. The predicted molar refractivity (Wildman–Crippen MR) is 83.8 cm³/mol. The van der Waals surface area contributed by atoms with Crippen molar-refractivity contribution < 1.29 is 0 Å². The van der Waals surface area contributed by atoms with Crippen LogP contribution in [0.2, 0.25) is 0 Å². The molecule has 2 aromatic heterocycles. The molecule has 0 saturated carbocycles. The normalized spacial score (nSPS) is 11.5. The lowest BCUT2D eigenvalue weighted by Crippen LogP contribution is -1.92. The summed E-state index contributed by atoms with van der Waals surface area (Å²) in [5.41, 5.74) is 5.88. The van der Waals surface area contributed by atoms with Crippen molar-refractivity contribution >= 4 is 11.7 Å². The van der Waals surface area contributed by atoms with E-state index in [1.807, 2.05) is 6.07 Å². The van der Waals surface area contributed by atoms with Crippen molar-refractivity contribution in [2.75, 3.05) is 0 Å². The van der Waals surface area contributed by atoms with E-state index in [2.05, 4.69) is 78.0 Å². The van der Waals surface area contributed by atoms with Crippen LogP contribution in [0.4, 0.5) is 0 Å². The summed E-state index contributed by atoms with van der Waals surface area (Å²) in [5.74, 6) is 0. The molecule has 0 amide bonds. The highest BCUT2D eigenvalue weighted by Gasteiger charge is 2.06. The molecule has 0 fully saturated rings. The van der Waals surface area contributed by atoms with Gasteiger partial charge in [0.15, 0.2) is 0 Å². The predicted octanol–water partition coefficient (Wildman–Crippen LogP) is 4.21. The van der Waals surface area contributed by atoms with E-state index in [9.17, 15) is 0 Å². The number of allylic oxidation sites excluding steroid dienone is 1. The van der Waals surface area contributed by atoms with Crippen LogP contribution in [0.1, 0.15) is 22.5 Å². The van der Waals surface area contributed by atoms with Crippen molar-refractivity contribution in [2.24, 2.45) is 0 Å². The molecule has 0 radical (unpaired) electrons. The molecule has 0 bridgehead atoms. The number of nitrogens with zero attached hydrogens (tertiary/aromatic N) is 2. The Kier molecular flexibility index (Phi) is 3.38. The van der Waals surface area contributed by atoms with Crippen LogP contribution in [0, 0.1) is 13.8 Å². The van der Waals surface area contributed by atoms with Crippen LogP contribution in [-0.2, 0) is 6.42 Å². The van der Waals surface area contributed by atoms with Gasteiger partial charge in [0.05, 0.1) is 5.69 Å². The van der Waals surface area contributed by atoms with Crippen molar-refractivity contribution in [3.63, 3.8) is 0 Å². The van der Waals surface area contributed by atoms with E-state index < -0.39 is 0 Å². The van der Waals surface area contributed by atoms with Gasteiger partial charge in [0.25, 0.3) is 0 Å². The average Bonchev–Trinajstić information content (AvgIpc) is 2.77. The molecule has 0 atom stereocenters. The summed E-state index contributed by atoms with van der Waals surface area (Å²) in [6, 6.07) is 14.6. The van der Waals surface area contributed by atoms with Gasteiger partial charge in [0.1, 0.15) is 5.65 Å². The Balaban J connectivity index is 1.88. The second kappa shape index (κ2) is 5.33. The van der Waals surface area contributed by atoms with Crippen LogP contribution in [0.3, 0.4) is 0 Å². The molecule has 2 heteroatoms. The van der Waals surface area contributed by atoms with Gasteiger partial charge < -0.3 is 4.40 Å². The van der Waals surface area contributed by atoms with Gasteiger partial charge >= 0.3 is 0 Å². The molecule has 100 valence electrons. The van der Waals surface area contributed by atoms with Gasteiger partial charge in [-0.1, -0.05) is 48.6 Å². The van der Waals surface area contributed by atoms with E-state index in [-0.39, 0.29) is 0 Å². The third kappa shape index (κ3) is 2.37. The van der Waals surface area contributed by atoms with Crippen LogP contribution in [0.5, 0.6) is 0 Å². The smallest absolute Gasteiger partial charge is 0.140 e. The number of rotatable bonds is 3. The van der Waals surface area contributed by atoms with Gasteiger partial charge in [-0.3, -0.25) is 0 Å². The van der Waals surface area contributed by atoms with Crippen LogP contribution < -0.4 is 0 Å². The van der Waals surface area contributed by atoms with E-state index >= 15 is 0 Å². The molecule has 0 aliphatic carbocycles. The molecule has 2 heterocycles. The monoisotopic (exact) mass is 262 g/mol. The number of hydrogen-bond donors (Lipinski definition) is 0. The Bertz CT molecular complexity index is 752. The molecular weight excluding hydrogens is 244 g/mol. The van der Waals surface area contributed by atoms with Crippen LogP contribution in [0.25, 0.3) is 11.7 Å². The minimum absolute atomic E-state index is 0.898. The highest BCUT2D eigenvalue weighted by molar-refractivity contribution is 5.54. The Morgan fingerprint density at radius 3 is 2.65 bits per heavy atom. The lowest BCUT2D eigenvalue weighted by atomic mass is 10.1. The topological polar surface area (TPSA) is 17.3 Å². The Labute approximate surface area is 119 Å².